The smallest absolute Gasteiger partial charge is 0.306 e. The van der Waals surface area contributed by atoms with Gasteiger partial charge in [0.2, 0.25) is 0 Å². The van der Waals surface area contributed by atoms with Crippen LogP contribution >= 0.6 is 0 Å². The van der Waals surface area contributed by atoms with E-state index in [0.717, 1.165) is 173 Å². The Morgan fingerprint density at radius 2 is 0.500 bits per heavy atom. The van der Waals surface area contributed by atoms with Crippen molar-refractivity contribution in [1.82, 2.24) is 0 Å². The Kier molecular flexibility index (Phi) is 60.0. The molecule has 0 fully saturated rings. The van der Waals surface area contributed by atoms with Gasteiger partial charge in [-0.25, -0.2) is 0 Å². The maximum Gasteiger partial charge on any atom is 0.306 e. The molecule has 0 saturated carbocycles. The lowest BCUT2D eigenvalue weighted by atomic mass is 10.1. The molecule has 0 aliphatic carbocycles. The summed E-state index contributed by atoms with van der Waals surface area (Å²) in [6.45, 7) is 6.31. The van der Waals surface area contributed by atoms with Crippen LogP contribution in [0, 0.1) is 0 Å². The summed E-state index contributed by atoms with van der Waals surface area (Å²) in [4.78, 5) is 38.2. The van der Waals surface area contributed by atoms with Gasteiger partial charge in [0, 0.05) is 19.3 Å². The van der Waals surface area contributed by atoms with E-state index in [1.807, 2.05) is 0 Å². The van der Waals surface area contributed by atoms with Crippen molar-refractivity contribution >= 4 is 17.9 Å². The summed E-state index contributed by atoms with van der Waals surface area (Å²) < 4.78 is 16.8. The van der Waals surface area contributed by atoms with Gasteiger partial charge in [-0.1, -0.05) is 242 Å². The third-order valence-corrected chi connectivity index (χ3v) is 12.4. The lowest BCUT2D eigenvalue weighted by Gasteiger charge is -2.18. The molecule has 6 heteroatoms. The van der Waals surface area contributed by atoms with Gasteiger partial charge in [0.25, 0.3) is 0 Å². The number of unbranched alkanes of at least 4 members (excludes halogenated alkanes) is 15. The summed E-state index contributed by atoms with van der Waals surface area (Å²) in [7, 11) is 0. The van der Waals surface area contributed by atoms with E-state index < -0.39 is 6.10 Å². The summed E-state index contributed by atoms with van der Waals surface area (Å²) >= 11 is 0. The van der Waals surface area contributed by atoms with Crippen molar-refractivity contribution in [3.63, 3.8) is 0 Å². The lowest BCUT2D eigenvalue weighted by Crippen LogP contribution is -2.30. The van der Waals surface area contributed by atoms with Crippen LogP contribution in [0.5, 0.6) is 0 Å². The zero-order chi connectivity index (χ0) is 56.4. The minimum Gasteiger partial charge on any atom is -0.462 e. The minimum atomic E-state index is -0.821. The second-order valence-electron chi connectivity index (χ2n) is 19.8. The molecule has 0 aromatic heterocycles. The fourth-order valence-corrected chi connectivity index (χ4v) is 7.83. The second-order valence-corrected chi connectivity index (χ2v) is 19.8. The molecular weight excluding hydrogens is 961 g/mol. The van der Waals surface area contributed by atoms with E-state index >= 15 is 0 Å². The van der Waals surface area contributed by atoms with E-state index in [0.29, 0.717) is 19.3 Å². The molecule has 0 saturated heterocycles. The summed E-state index contributed by atoms with van der Waals surface area (Å²) in [6, 6.07) is 0. The number of carbonyl (C=O) groups excluding carboxylic acids is 3. The molecule has 0 rings (SSSR count). The Morgan fingerprint density at radius 1 is 0.269 bits per heavy atom. The average Bonchev–Trinajstić information content (AvgIpc) is 3.44. The topological polar surface area (TPSA) is 78.9 Å². The van der Waals surface area contributed by atoms with Crippen LogP contribution in [-0.2, 0) is 28.6 Å². The number of carbonyl (C=O) groups is 3. The molecule has 6 nitrogen and oxygen atoms in total. The Hall–Kier alpha value is -5.23. The molecule has 1 unspecified atom stereocenters. The molecule has 0 heterocycles. The highest BCUT2D eigenvalue weighted by Gasteiger charge is 2.19. The van der Waals surface area contributed by atoms with Gasteiger partial charge >= 0.3 is 17.9 Å². The van der Waals surface area contributed by atoms with Crippen LogP contribution < -0.4 is 0 Å². The van der Waals surface area contributed by atoms with Gasteiger partial charge in [0.1, 0.15) is 13.2 Å². The van der Waals surface area contributed by atoms with Gasteiger partial charge in [-0.3, -0.25) is 14.4 Å². The highest BCUT2D eigenvalue weighted by atomic mass is 16.6. The fraction of sp³-hybridized carbons (Fsp3) is 0.569. The molecule has 0 spiro atoms. The second kappa shape index (κ2) is 64.3. The first-order chi connectivity index (χ1) is 38.5. The molecular formula is C72H112O6. The molecule has 0 radical (unpaired) electrons. The highest BCUT2D eigenvalue weighted by Crippen LogP contribution is 2.13. The molecule has 436 valence electrons. The van der Waals surface area contributed by atoms with Crippen LogP contribution in [0.3, 0.4) is 0 Å². The summed E-state index contributed by atoms with van der Waals surface area (Å²) in [5, 5.41) is 0. The highest BCUT2D eigenvalue weighted by molar-refractivity contribution is 5.71. The van der Waals surface area contributed by atoms with Crippen LogP contribution in [0.15, 0.2) is 170 Å². The Bertz CT molecular complexity index is 1810. The van der Waals surface area contributed by atoms with Crippen molar-refractivity contribution in [3.05, 3.63) is 170 Å². The summed E-state index contributed by atoms with van der Waals surface area (Å²) in [6.07, 6.45) is 95.0. The van der Waals surface area contributed by atoms with Gasteiger partial charge in [-0.2, -0.15) is 0 Å². The molecule has 0 aliphatic heterocycles. The van der Waals surface area contributed by atoms with E-state index in [2.05, 4.69) is 191 Å². The van der Waals surface area contributed by atoms with Gasteiger partial charge in [-0.15, -0.1) is 0 Å². The standard InChI is InChI=1S/C72H112O6/c1-4-7-10-13-16-19-22-25-27-29-30-31-32-33-34-35-36-37-38-39-40-41-42-43-45-47-50-53-56-59-62-65-71(74)77-68-69(67-76-70(73)64-61-58-55-52-49-46-24-21-18-15-12-9-6-3)78-72(75)66-63-60-57-54-51-48-44-28-26-23-20-17-14-11-8-5-2/h7,9-10,12,16,18-21,23,25,27-28,30-31,33-34,36-37,39-40,42-44,46-47,49-50,69H,4-6,8,11,13-15,17,22,24,26,29,32,35,38,41,45,48,51-68H2,1-3H3/b10-7-,12-9-,19-16-,21-18-,23-20-,27-25-,31-30-,34-33-,37-36-,40-39-,43-42-,44-28-,49-46-,50-47-. The Labute approximate surface area is 479 Å². The largest absolute Gasteiger partial charge is 0.462 e. The van der Waals surface area contributed by atoms with Crippen LogP contribution in [0.25, 0.3) is 0 Å². The first-order valence-corrected chi connectivity index (χ1v) is 31.1. The van der Waals surface area contributed by atoms with E-state index in [1.165, 1.54) is 32.1 Å². The fourth-order valence-electron chi connectivity index (χ4n) is 7.83. The minimum absolute atomic E-state index is 0.117. The first-order valence-electron chi connectivity index (χ1n) is 31.1. The summed E-state index contributed by atoms with van der Waals surface area (Å²) in [5.74, 6) is -0.999. The predicted molar refractivity (Wildman–Crippen MR) is 338 cm³/mol. The van der Waals surface area contributed by atoms with E-state index in [-0.39, 0.29) is 31.1 Å². The van der Waals surface area contributed by atoms with Crippen LogP contribution in [0.1, 0.15) is 245 Å². The predicted octanol–water partition coefficient (Wildman–Crippen LogP) is 21.5. The number of esters is 3. The SMILES string of the molecule is CC/C=C\C/C=C\C/C=C\C/C=C\C/C=C\C/C=C\C/C=C\C/C=C\C/C=C\CCCCCC(=O)OCC(COC(=O)CCCCC/C=C\C/C=C\C/C=C\CC)OC(=O)CCCCCCC/C=C\C/C=C\CCCCCC. The van der Waals surface area contributed by atoms with Crippen molar-refractivity contribution in [2.45, 2.75) is 252 Å². The quantitative estimate of drug-likeness (QED) is 0.0261. The van der Waals surface area contributed by atoms with E-state index in [4.69, 9.17) is 14.2 Å². The maximum atomic E-state index is 12.9. The molecule has 0 amide bonds. The molecule has 0 N–H and O–H groups in total. The van der Waals surface area contributed by atoms with Crippen LogP contribution in [0.2, 0.25) is 0 Å². The third kappa shape index (κ3) is 61.6. The van der Waals surface area contributed by atoms with Crippen molar-refractivity contribution < 1.29 is 28.6 Å². The van der Waals surface area contributed by atoms with E-state index in [1.54, 1.807) is 0 Å². The number of rotatable bonds is 54. The normalized spacial score (nSPS) is 13.3. The number of hydrogen-bond acceptors (Lipinski definition) is 6. The summed E-state index contributed by atoms with van der Waals surface area (Å²) in [5.41, 5.74) is 0. The van der Waals surface area contributed by atoms with Gasteiger partial charge < -0.3 is 14.2 Å². The van der Waals surface area contributed by atoms with Crippen molar-refractivity contribution in [2.75, 3.05) is 13.2 Å². The van der Waals surface area contributed by atoms with Crippen LogP contribution in [0.4, 0.5) is 0 Å². The van der Waals surface area contributed by atoms with Crippen molar-refractivity contribution in [1.29, 1.82) is 0 Å². The average molecular weight is 1070 g/mol. The van der Waals surface area contributed by atoms with Gasteiger partial charge in [-0.05, 0) is 154 Å². The molecule has 78 heavy (non-hydrogen) atoms. The third-order valence-electron chi connectivity index (χ3n) is 12.4. The zero-order valence-corrected chi connectivity index (χ0v) is 49.9. The van der Waals surface area contributed by atoms with Gasteiger partial charge in [0.05, 0.1) is 0 Å². The molecule has 0 bridgehead atoms. The van der Waals surface area contributed by atoms with Crippen molar-refractivity contribution in [2.24, 2.45) is 0 Å². The molecule has 0 aromatic carbocycles. The lowest BCUT2D eigenvalue weighted by molar-refractivity contribution is -0.167. The maximum absolute atomic E-state index is 12.9. The number of hydrogen-bond donors (Lipinski definition) is 0. The Balaban J connectivity index is 4.44. The Morgan fingerprint density at radius 3 is 0.795 bits per heavy atom. The van der Waals surface area contributed by atoms with Crippen molar-refractivity contribution in [3.8, 4) is 0 Å². The van der Waals surface area contributed by atoms with E-state index in [9.17, 15) is 14.4 Å². The number of allylic oxidation sites excluding steroid dienone is 28. The molecule has 0 aromatic rings. The number of ether oxygens (including phenoxy) is 3. The molecule has 1 atom stereocenters. The molecule has 0 aliphatic rings. The van der Waals surface area contributed by atoms with Crippen LogP contribution in [-0.4, -0.2) is 37.2 Å². The first kappa shape index (κ1) is 72.8. The zero-order valence-electron chi connectivity index (χ0n) is 49.9. The van der Waals surface area contributed by atoms with Gasteiger partial charge in [0.15, 0.2) is 6.10 Å². The monoisotopic (exact) mass is 1070 g/mol.